The summed E-state index contributed by atoms with van der Waals surface area (Å²) in [5, 5.41) is 3.39. The lowest BCUT2D eigenvalue weighted by atomic mass is 10.1. The third-order valence-electron chi connectivity index (χ3n) is 3.32. The molecule has 16 heavy (non-hydrogen) atoms. The molecule has 0 amide bonds. The molecule has 1 aromatic rings. The number of anilines is 1. The fourth-order valence-electron chi connectivity index (χ4n) is 2.29. The molecule has 1 aliphatic heterocycles. The van der Waals surface area contributed by atoms with Gasteiger partial charge in [0.2, 0.25) is 5.95 Å². The Balaban J connectivity index is 1.66. The molecule has 2 aliphatic rings. The normalized spacial score (nSPS) is 29.3. The van der Waals surface area contributed by atoms with Crippen LogP contribution in [0, 0.1) is 12.8 Å². The molecule has 4 heteroatoms. The van der Waals surface area contributed by atoms with Crippen molar-refractivity contribution in [3.63, 3.8) is 0 Å². The van der Waals surface area contributed by atoms with E-state index in [9.17, 15) is 0 Å². The third kappa shape index (κ3) is 2.02. The van der Waals surface area contributed by atoms with Gasteiger partial charge in [0, 0.05) is 19.0 Å². The van der Waals surface area contributed by atoms with Crippen molar-refractivity contribution in [3.8, 4) is 0 Å². The smallest absolute Gasteiger partial charge is 0.222 e. The first-order valence-corrected chi connectivity index (χ1v) is 6.00. The second-order valence-electron chi connectivity index (χ2n) is 4.80. The van der Waals surface area contributed by atoms with Crippen LogP contribution >= 0.6 is 0 Å². The van der Waals surface area contributed by atoms with E-state index in [4.69, 9.17) is 4.74 Å². The maximum Gasteiger partial charge on any atom is 0.222 e. The Hall–Kier alpha value is -1.16. The van der Waals surface area contributed by atoms with Crippen LogP contribution in [0.2, 0.25) is 0 Å². The SMILES string of the molecule is Cc1cnc(NC2CCOC2C2CC2)nc1. The van der Waals surface area contributed by atoms with Crippen LogP contribution in [0.4, 0.5) is 5.95 Å². The van der Waals surface area contributed by atoms with E-state index in [1.165, 1.54) is 12.8 Å². The van der Waals surface area contributed by atoms with Gasteiger partial charge in [0.15, 0.2) is 0 Å². The second-order valence-corrected chi connectivity index (χ2v) is 4.80. The van der Waals surface area contributed by atoms with Crippen LogP contribution in [0.5, 0.6) is 0 Å². The average molecular weight is 219 g/mol. The lowest BCUT2D eigenvalue weighted by molar-refractivity contribution is 0.0897. The Morgan fingerprint density at radius 3 is 2.69 bits per heavy atom. The highest BCUT2D eigenvalue weighted by Crippen LogP contribution is 2.39. The number of hydrogen-bond acceptors (Lipinski definition) is 4. The van der Waals surface area contributed by atoms with Gasteiger partial charge in [0.25, 0.3) is 0 Å². The van der Waals surface area contributed by atoms with Crippen molar-refractivity contribution >= 4 is 5.95 Å². The number of ether oxygens (including phenoxy) is 1. The molecule has 1 saturated carbocycles. The predicted octanol–water partition coefficient (Wildman–Crippen LogP) is 1.76. The van der Waals surface area contributed by atoms with Crippen LogP contribution < -0.4 is 5.32 Å². The quantitative estimate of drug-likeness (QED) is 0.841. The van der Waals surface area contributed by atoms with Crippen molar-refractivity contribution in [1.82, 2.24) is 9.97 Å². The third-order valence-corrected chi connectivity index (χ3v) is 3.32. The van der Waals surface area contributed by atoms with Gasteiger partial charge >= 0.3 is 0 Å². The van der Waals surface area contributed by atoms with E-state index in [1.54, 1.807) is 0 Å². The molecule has 1 saturated heterocycles. The highest BCUT2D eigenvalue weighted by molar-refractivity contribution is 5.27. The molecular formula is C12H17N3O. The van der Waals surface area contributed by atoms with Crippen molar-refractivity contribution in [2.75, 3.05) is 11.9 Å². The van der Waals surface area contributed by atoms with Crippen LogP contribution in [0.3, 0.4) is 0 Å². The van der Waals surface area contributed by atoms with Crippen molar-refractivity contribution in [3.05, 3.63) is 18.0 Å². The first-order valence-electron chi connectivity index (χ1n) is 6.00. The number of nitrogens with zero attached hydrogens (tertiary/aromatic N) is 2. The molecule has 3 rings (SSSR count). The second kappa shape index (κ2) is 4.01. The minimum Gasteiger partial charge on any atom is -0.376 e. The van der Waals surface area contributed by atoms with Gasteiger partial charge in [-0.05, 0) is 37.7 Å². The van der Waals surface area contributed by atoms with Gasteiger partial charge in [-0.3, -0.25) is 0 Å². The molecule has 1 N–H and O–H groups in total. The Morgan fingerprint density at radius 1 is 1.25 bits per heavy atom. The van der Waals surface area contributed by atoms with Gasteiger partial charge in [-0.15, -0.1) is 0 Å². The first kappa shape index (κ1) is 10.0. The van der Waals surface area contributed by atoms with E-state index >= 15 is 0 Å². The van der Waals surface area contributed by atoms with E-state index in [0.29, 0.717) is 12.1 Å². The van der Waals surface area contributed by atoms with E-state index in [0.717, 1.165) is 30.5 Å². The maximum atomic E-state index is 5.77. The zero-order chi connectivity index (χ0) is 11.0. The Kier molecular flexibility index (Phi) is 2.52. The Labute approximate surface area is 95.4 Å². The standard InChI is InChI=1S/C12H17N3O/c1-8-6-13-12(14-7-8)15-10-4-5-16-11(10)9-2-3-9/h6-7,9-11H,2-5H2,1H3,(H,13,14,15). The topological polar surface area (TPSA) is 47.0 Å². The molecule has 0 radical (unpaired) electrons. The summed E-state index contributed by atoms with van der Waals surface area (Å²) in [5.74, 6) is 1.50. The fourth-order valence-corrected chi connectivity index (χ4v) is 2.29. The summed E-state index contributed by atoms with van der Waals surface area (Å²) < 4.78 is 5.77. The summed E-state index contributed by atoms with van der Waals surface area (Å²) in [4.78, 5) is 8.56. The maximum absolute atomic E-state index is 5.77. The van der Waals surface area contributed by atoms with Crippen molar-refractivity contribution in [2.45, 2.75) is 38.3 Å². The first-order chi connectivity index (χ1) is 7.83. The summed E-state index contributed by atoms with van der Waals surface area (Å²) in [6.07, 6.45) is 7.77. The van der Waals surface area contributed by atoms with Gasteiger partial charge in [-0.1, -0.05) is 0 Å². The van der Waals surface area contributed by atoms with Gasteiger partial charge in [-0.2, -0.15) is 0 Å². The van der Waals surface area contributed by atoms with Crippen LogP contribution in [-0.4, -0.2) is 28.7 Å². The number of nitrogens with one attached hydrogen (secondary N) is 1. The molecular weight excluding hydrogens is 202 g/mol. The summed E-state index contributed by atoms with van der Waals surface area (Å²) in [7, 11) is 0. The summed E-state index contributed by atoms with van der Waals surface area (Å²) in [6, 6.07) is 0.398. The van der Waals surface area contributed by atoms with Crippen molar-refractivity contribution < 1.29 is 4.74 Å². The minimum atomic E-state index is 0.380. The lowest BCUT2D eigenvalue weighted by Crippen LogP contribution is -2.31. The van der Waals surface area contributed by atoms with E-state index in [1.807, 2.05) is 19.3 Å². The zero-order valence-corrected chi connectivity index (χ0v) is 9.52. The molecule has 0 aromatic carbocycles. The molecule has 0 spiro atoms. The van der Waals surface area contributed by atoms with E-state index < -0.39 is 0 Å². The largest absolute Gasteiger partial charge is 0.376 e. The molecule has 1 aromatic heterocycles. The van der Waals surface area contributed by atoms with Gasteiger partial charge in [0.05, 0.1) is 12.1 Å². The monoisotopic (exact) mass is 219 g/mol. The molecule has 2 fully saturated rings. The molecule has 86 valence electrons. The van der Waals surface area contributed by atoms with Crippen LogP contribution in [0.1, 0.15) is 24.8 Å². The van der Waals surface area contributed by atoms with Crippen LogP contribution in [-0.2, 0) is 4.74 Å². The molecule has 2 heterocycles. The minimum absolute atomic E-state index is 0.380. The molecule has 0 bridgehead atoms. The van der Waals surface area contributed by atoms with E-state index in [2.05, 4.69) is 15.3 Å². The van der Waals surface area contributed by atoms with Gasteiger partial charge in [0.1, 0.15) is 0 Å². The van der Waals surface area contributed by atoms with Crippen LogP contribution in [0.15, 0.2) is 12.4 Å². The molecule has 2 atom stereocenters. The molecule has 2 unspecified atom stereocenters. The van der Waals surface area contributed by atoms with Crippen molar-refractivity contribution in [1.29, 1.82) is 0 Å². The van der Waals surface area contributed by atoms with Crippen LogP contribution in [0.25, 0.3) is 0 Å². The number of hydrogen-bond donors (Lipinski definition) is 1. The highest BCUT2D eigenvalue weighted by Gasteiger charge is 2.40. The van der Waals surface area contributed by atoms with Crippen molar-refractivity contribution in [2.24, 2.45) is 5.92 Å². The predicted molar refractivity (Wildman–Crippen MR) is 61.3 cm³/mol. The van der Waals surface area contributed by atoms with Gasteiger partial charge in [-0.25, -0.2) is 9.97 Å². The summed E-state index contributed by atoms with van der Waals surface area (Å²) in [6.45, 7) is 2.86. The Bertz CT molecular complexity index is 361. The van der Waals surface area contributed by atoms with E-state index in [-0.39, 0.29) is 0 Å². The number of aromatic nitrogens is 2. The summed E-state index contributed by atoms with van der Waals surface area (Å²) in [5.41, 5.74) is 1.09. The summed E-state index contributed by atoms with van der Waals surface area (Å²) >= 11 is 0. The fraction of sp³-hybridized carbons (Fsp3) is 0.667. The zero-order valence-electron chi connectivity index (χ0n) is 9.52. The molecule has 4 nitrogen and oxygen atoms in total. The van der Waals surface area contributed by atoms with Gasteiger partial charge < -0.3 is 10.1 Å². The highest BCUT2D eigenvalue weighted by atomic mass is 16.5. The molecule has 1 aliphatic carbocycles. The number of aryl methyl sites for hydroxylation is 1. The Morgan fingerprint density at radius 2 is 2.00 bits per heavy atom. The average Bonchev–Trinajstić information content (AvgIpc) is 3.03. The lowest BCUT2D eigenvalue weighted by Gasteiger charge is -2.19. The number of rotatable bonds is 3.